The van der Waals surface area contributed by atoms with Gasteiger partial charge in [0.1, 0.15) is 0 Å². The largest absolute Gasteiger partial charge is 0.332 e. The molecule has 31 heavy (non-hydrogen) atoms. The van der Waals surface area contributed by atoms with Gasteiger partial charge in [0.05, 0.1) is 18.2 Å². The van der Waals surface area contributed by atoms with E-state index in [9.17, 15) is 18.4 Å². The van der Waals surface area contributed by atoms with Crippen LogP contribution in [0.2, 0.25) is 0 Å². The Bertz CT molecular complexity index is 1080. The van der Waals surface area contributed by atoms with E-state index in [1.165, 1.54) is 0 Å². The highest BCUT2D eigenvalue weighted by atomic mass is 19.3. The number of aryl methyl sites for hydroxylation is 1. The van der Waals surface area contributed by atoms with Gasteiger partial charge in [-0.05, 0) is 43.3 Å². The van der Waals surface area contributed by atoms with Gasteiger partial charge in [0, 0.05) is 36.6 Å². The molecule has 6 nitrogen and oxygen atoms in total. The van der Waals surface area contributed by atoms with Gasteiger partial charge >= 0.3 is 0 Å². The summed E-state index contributed by atoms with van der Waals surface area (Å²) in [6, 6.07) is 15.5. The van der Waals surface area contributed by atoms with Crippen LogP contribution in [0.25, 0.3) is 5.69 Å². The second-order valence-electron chi connectivity index (χ2n) is 7.80. The van der Waals surface area contributed by atoms with Crippen LogP contribution in [0, 0.1) is 12.8 Å². The summed E-state index contributed by atoms with van der Waals surface area (Å²) in [7, 11) is 0. The van der Waals surface area contributed by atoms with E-state index in [0.29, 0.717) is 11.4 Å². The lowest BCUT2D eigenvalue weighted by atomic mass is 9.93. The quantitative estimate of drug-likeness (QED) is 0.690. The van der Waals surface area contributed by atoms with Gasteiger partial charge in [-0.2, -0.15) is 5.10 Å². The molecule has 1 fully saturated rings. The molecule has 4 rings (SSSR count). The number of rotatable bonds is 4. The van der Waals surface area contributed by atoms with Crippen LogP contribution in [0.3, 0.4) is 0 Å². The molecule has 2 aromatic carbocycles. The minimum atomic E-state index is -3.15. The van der Waals surface area contributed by atoms with Crippen molar-refractivity contribution in [2.75, 3.05) is 18.4 Å². The number of hydrogen-bond donors (Lipinski definition) is 1. The summed E-state index contributed by atoms with van der Waals surface area (Å²) in [5, 5.41) is 6.80. The summed E-state index contributed by atoms with van der Waals surface area (Å²) < 4.78 is 30.5. The van der Waals surface area contributed by atoms with Crippen LogP contribution >= 0.6 is 0 Å². The second kappa shape index (κ2) is 8.29. The fourth-order valence-electron chi connectivity index (χ4n) is 3.70. The maximum absolute atomic E-state index is 14.4. The van der Waals surface area contributed by atoms with Crippen LogP contribution < -0.4 is 5.32 Å². The number of alkyl halides is 2. The lowest BCUT2D eigenvalue weighted by Crippen LogP contribution is -2.52. The zero-order chi connectivity index (χ0) is 22.0. The number of carbonyl (C=O) groups is 2. The molecule has 1 atom stereocenters. The molecule has 0 bridgehead atoms. The predicted octanol–water partition coefficient (Wildman–Crippen LogP) is 3.92. The van der Waals surface area contributed by atoms with Crippen LogP contribution in [-0.2, 0) is 4.79 Å². The first-order valence-corrected chi connectivity index (χ1v) is 9.95. The Labute approximate surface area is 178 Å². The third kappa shape index (κ3) is 4.79. The standard InChI is InChI=1S/C23H22F2N4O2/c1-16-6-8-19(9-7-16)27-21(30)18-13-23(24,25)15-28(14-18)22(31)17-4-2-5-20(12-17)29-11-3-10-26-29/h2-12,18H,13-15H2,1H3,(H,27,30). The third-order valence-electron chi connectivity index (χ3n) is 5.25. The van der Waals surface area contributed by atoms with Crippen LogP contribution in [0.1, 0.15) is 22.3 Å². The highest BCUT2D eigenvalue weighted by molar-refractivity contribution is 5.96. The van der Waals surface area contributed by atoms with E-state index in [2.05, 4.69) is 10.4 Å². The van der Waals surface area contributed by atoms with E-state index in [1.807, 2.05) is 19.1 Å². The van der Waals surface area contributed by atoms with Crippen LogP contribution in [0.4, 0.5) is 14.5 Å². The number of aromatic nitrogens is 2. The minimum Gasteiger partial charge on any atom is -0.332 e. The summed E-state index contributed by atoms with van der Waals surface area (Å²) in [6.45, 7) is 1.13. The first-order valence-electron chi connectivity index (χ1n) is 9.95. The molecule has 0 saturated carbocycles. The Balaban J connectivity index is 1.51. The van der Waals surface area contributed by atoms with Gasteiger partial charge < -0.3 is 10.2 Å². The van der Waals surface area contributed by atoms with E-state index in [0.717, 1.165) is 10.5 Å². The molecule has 3 aromatic rings. The van der Waals surface area contributed by atoms with Gasteiger partial charge in [-0.15, -0.1) is 0 Å². The fraction of sp³-hybridized carbons (Fsp3) is 0.261. The average Bonchev–Trinajstić information content (AvgIpc) is 3.29. The van der Waals surface area contributed by atoms with Gasteiger partial charge in [0.25, 0.3) is 11.8 Å². The van der Waals surface area contributed by atoms with E-state index >= 15 is 0 Å². The van der Waals surface area contributed by atoms with Crippen molar-refractivity contribution in [2.45, 2.75) is 19.3 Å². The van der Waals surface area contributed by atoms with Crippen molar-refractivity contribution in [2.24, 2.45) is 5.92 Å². The molecule has 1 unspecified atom stereocenters. The molecule has 0 radical (unpaired) electrons. The Morgan fingerprint density at radius 2 is 1.90 bits per heavy atom. The Morgan fingerprint density at radius 1 is 1.13 bits per heavy atom. The van der Waals surface area contributed by atoms with E-state index < -0.39 is 36.6 Å². The second-order valence-corrected chi connectivity index (χ2v) is 7.80. The summed E-state index contributed by atoms with van der Waals surface area (Å²) in [5.41, 5.74) is 2.47. The zero-order valence-corrected chi connectivity index (χ0v) is 17.0. The first kappa shape index (κ1) is 20.7. The van der Waals surface area contributed by atoms with Crippen molar-refractivity contribution in [1.82, 2.24) is 14.7 Å². The molecular formula is C23H22F2N4O2. The van der Waals surface area contributed by atoms with Crippen molar-refractivity contribution in [3.8, 4) is 5.69 Å². The number of anilines is 1. The van der Waals surface area contributed by atoms with Gasteiger partial charge in [0.2, 0.25) is 5.91 Å². The number of benzene rings is 2. The molecule has 1 aliphatic rings. The maximum Gasteiger partial charge on any atom is 0.266 e. The van der Waals surface area contributed by atoms with E-state index in [4.69, 9.17) is 0 Å². The average molecular weight is 424 g/mol. The lowest BCUT2D eigenvalue weighted by Gasteiger charge is -2.37. The van der Waals surface area contributed by atoms with Crippen molar-refractivity contribution in [1.29, 1.82) is 0 Å². The molecule has 0 spiro atoms. The van der Waals surface area contributed by atoms with Crippen LogP contribution in [-0.4, -0.2) is 45.5 Å². The molecule has 1 aliphatic heterocycles. The maximum atomic E-state index is 14.4. The molecular weight excluding hydrogens is 402 g/mol. The number of halogens is 2. The number of carbonyl (C=O) groups excluding carboxylic acids is 2. The summed E-state index contributed by atoms with van der Waals surface area (Å²) in [6.07, 6.45) is 2.74. The van der Waals surface area contributed by atoms with Crippen molar-refractivity contribution in [3.05, 3.63) is 78.1 Å². The minimum absolute atomic E-state index is 0.0713. The van der Waals surface area contributed by atoms with Crippen LogP contribution in [0.15, 0.2) is 67.0 Å². The topological polar surface area (TPSA) is 67.2 Å². The van der Waals surface area contributed by atoms with Crippen LogP contribution in [0.5, 0.6) is 0 Å². The summed E-state index contributed by atoms with van der Waals surface area (Å²) in [5.74, 6) is -5.22. The Morgan fingerprint density at radius 3 is 2.61 bits per heavy atom. The number of piperidine rings is 1. The monoisotopic (exact) mass is 424 g/mol. The lowest BCUT2D eigenvalue weighted by molar-refractivity contribution is -0.130. The molecule has 1 saturated heterocycles. The van der Waals surface area contributed by atoms with Crippen molar-refractivity contribution < 1.29 is 18.4 Å². The summed E-state index contributed by atoms with van der Waals surface area (Å²) in [4.78, 5) is 26.7. The smallest absolute Gasteiger partial charge is 0.266 e. The third-order valence-corrected chi connectivity index (χ3v) is 5.25. The van der Waals surface area contributed by atoms with Gasteiger partial charge in [-0.1, -0.05) is 23.8 Å². The highest BCUT2D eigenvalue weighted by Crippen LogP contribution is 2.32. The number of hydrogen-bond acceptors (Lipinski definition) is 3. The SMILES string of the molecule is Cc1ccc(NC(=O)C2CN(C(=O)c3cccc(-n4cccn4)c3)CC(F)(F)C2)cc1. The molecule has 2 amide bonds. The van der Waals surface area contributed by atoms with Crippen molar-refractivity contribution >= 4 is 17.5 Å². The Kier molecular flexibility index (Phi) is 5.54. The van der Waals surface area contributed by atoms with Gasteiger partial charge in [-0.25, -0.2) is 13.5 Å². The molecule has 160 valence electrons. The predicted molar refractivity (Wildman–Crippen MR) is 112 cm³/mol. The number of nitrogens with zero attached hydrogens (tertiary/aromatic N) is 3. The normalized spacial score (nSPS) is 17.9. The first-order chi connectivity index (χ1) is 14.8. The van der Waals surface area contributed by atoms with E-state index in [-0.39, 0.29) is 12.1 Å². The summed E-state index contributed by atoms with van der Waals surface area (Å²) >= 11 is 0. The number of nitrogens with one attached hydrogen (secondary N) is 1. The highest BCUT2D eigenvalue weighted by Gasteiger charge is 2.44. The number of amides is 2. The molecule has 2 heterocycles. The van der Waals surface area contributed by atoms with Crippen molar-refractivity contribution in [3.63, 3.8) is 0 Å². The fourth-order valence-corrected chi connectivity index (χ4v) is 3.70. The zero-order valence-electron chi connectivity index (χ0n) is 17.0. The Hall–Kier alpha value is -3.55. The molecule has 1 aromatic heterocycles. The molecule has 0 aliphatic carbocycles. The number of likely N-dealkylation sites (tertiary alicyclic amines) is 1. The van der Waals surface area contributed by atoms with E-state index in [1.54, 1.807) is 59.5 Å². The van der Waals surface area contributed by atoms with Gasteiger partial charge in [-0.3, -0.25) is 9.59 Å². The molecule has 1 N–H and O–H groups in total. The molecule has 8 heteroatoms. The van der Waals surface area contributed by atoms with Gasteiger partial charge in [0.15, 0.2) is 0 Å².